The highest BCUT2D eigenvalue weighted by Gasteiger charge is 2.30. The van der Waals surface area contributed by atoms with E-state index in [0.29, 0.717) is 11.8 Å². The van der Waals surface area contributed by atoms with E-state index >= 15 is 0 Å². The maximum atomic E-state index is 13.4. The normalized spacial score (nSPS) is 22.3. The molecular formula is C26H34FNO. The predicted octanol–water partition coefficient (Wildman–Crippen LogP) is 5.99. The maximum Gasteiger partial charge on any atom is 0.123 e. The molecule has 1 saturated heterocycles. The van der Waals surface area contributed by atoms with E-state index < -0.39 is 0 Å². The lowest BCUT2D eigenvalue weighted by Crippen LogP contribution is -2.42. The minimum absolute atomic E-state index is 0.156. The molecule has 0 bridgehead atoms. The van der Waals surface area contributed by atoms with Gasteiger partial charge in [-0.25, -0.2) is 4.39 Å². The first-order valence-electron chi connectivity index (χ1n) is 11.5. The van der Waals surface area contributed by atoms with Gasteiger partial charge in [0.1, 0.15) is 11.6 Å². The second-order valence-electron chi connectivity index (χ2n) is 8.81. The van der Waals surface area contributed by atoms with Crippen LogP contribution in [0, 0.1) is 11.7 Å². The number of benzene rings is 2. The molecule has 2 aromatic rings. The van der Waals surface area contributed by atoms with Crippen LogP contribution in [0.4, 0.5) is 4.39 Å². The number of fused-ring (bicyclic) bond motifs is 1. The number of piperidine rings is 1. The Morgan fingerprint density at radius 1 is 1.03 bits per heavy atom. The summed E-state index contributed by atoms with van der Waals surface area (Å²) in [5.41, 5.74) is 4.22. The van der Waals surface area contributed by atoms with Crippen LogP contribution in [0.15, 0.2) is 42.5 Å². The molecule has 0 unspecified atom stereocenters. The van der Waals surface area contributed by atoms with E-state index in [4.69, 9.17) is 4.74 Å². The SMILES string of the molecule is CCCCN1CC[C@H](c2ccc(F)cc2)[C@@H](COc2ccc3c(c2)CCCC3)C1. The summed E-state index contributed by atoms with van der Waals surface area (Å²) >= 11 is 0. The maximum absolute atomic E-state index is 13.4. The van der Waals surface area contributed by atoms with Crippen molar-refractivity contribution in [1.82, 2.24) is 4.90 Å². The molecular weight excluding hydrogens is 361 g/mol. The van der Waals surface area contributed by atoms with Gasteiger partial charge >= 0.3 is 0 Å². The van der Waals surface area contributed by atoms with Gasteiger partial charge in [-0.1, -0.05) is 31.5 Å². The van der Waals surface area contributed by atoms with Crippen LogP contribution in [-0.4, -0.2) is 31.1 Å². The van der Waals surface area contributed by atoms with Crippen LogP contribution in [0.2, 0.25) is 0 Å². The quantitative estimate of drug-likeness (QED) is 0.571. The molecule has 156 valence electrons. The topological polar surface area (TPSA) is 12.5 Å². The van der Waals surface area contributed by atoms with Crippen molar-refractivity contribution in [3.63, 3.8) is 0 Å². The van der Waals surface area contributed by atoms with Crippen molar-refractivity contribution in [3.05, 3.63) is 65.0 Å². The average molecular weight is 396 g/mol. The minimum atomic E-state index is -0.156. The summed E-state index contributed by atoms with van der Waals surface area (Å²) in [6.07, 6.45) is 8.58. The lowest BCUT2D eigenvalue weighted by Gasteiger charge is -2.39. The monoisotopic (exact) mass is 395 g/mol. The van der Waals surface area contributed by atoms with E-state index in [9.17, 15) is 4.39 Å². The van der Waals surface area contributed by atoms with Crippen molar-refractivity contribution in [2.75, 3.05) is 26.2 Å². The Hall–Kier alpha value is -1.87. The Balaban J connectivity index is 1.46. The fraction of sp³-hybridized carbons (Fsp3) is 0.538. The molecule has 2 atom stereocenters. The lowest BCUT2D eigenvalue weighted by atomic mass is 9.80. The Bertz CT molecular complexity index is 788. The molecule has 2 aliphatic rings. The molecule has 0 aromatic heterocycles. The first kappa shape index (κ1) is 20.4. The molecule has 2 aromatic carbocycles. The van der Waals surface area contributed by atoms with Gasteiger partial charge in [0.25, 0.3) is 0 Å². The van der Waals surface area contributed by atoms with E-state index in [2.05, 4.69) is 30.0 Å². The standard InChI is InChI=1S/C26H34FNO/c1-2-3-15-28-16-14-26(21-8-11-24(27)12-9-21)23(18-28)19-29-25-13-10-20-6-4-5-7-22(20)17-25/h8-13,17,23,26H,2-7,14-16,18-19H2,1H3/t23-,26-/m1/s1. The third kappa shape index (κ3) is 5.19. The number of ether oxygens (including phenoxy) is 1. The van der Waals surface area contributed by atoms with Gasteiger partial charge < -0.3 is 9.64 Å². The summed E-state index contributed by atoms with van der Waals surface area (Å²) in [4.78, 5) is 2.59. The van der Waals surface area contributed by atoms with Crippen LogP contribution in [0.5, 0.6) is 5.75 Å². The fourth-order valence-electron chi connectivity index (χ4n) is 5.01. The number of unbranched alkanes of at least 4 members (excludes halogenated alkanes) is 1. The van der Waals surface area contributed by atoms with Crippen molar-refractivity contribution >= 4 is 0 Å². The van der Waals surface area contributed by atoms with Crippen molar-refractivity contribution in [2.24, 2.45) is 5.92 Å². The van der Waals surface area contributed by atoms with E-state index in [1.165, 1.54) is 61.8 Å². The van der Waals surface area contributed by atoms with Crippen LogP contribution >= 0.6 is 0 Å². The smallest absolute Gasteiger partial charge is 0.123 e. The van der Waals surface area contributed by atoms with Gasteiger partial charge in [-0.3, -0.25) is 0 Å². The highest BCUT2D eigenvalue weighted by Crippen LogP contribution is 2.34. The first-order valence-corrected chi connectivity index (χ1v) is 11.5. The molecule has 0 saturated carbocycles. The molecule has 0 spiro atoms. The molecule has 1 fully saturated rings. The molecule has 0 amide bonds. The van der Waals surface area contributed by atoms with Gasteiger partial charge in [-0.15, -0.1) is 0 Å². The van der Waals surface area contributed by atoms with Crippen LogP contribution in [0.25, 0.3) is 0 Å². The number of nitrogens with zero attached hydrogens (tertiary/aromatic N) is 1. The summed E-state index contributed by atoms with van der Waals surface area (Å²) in [6, 6.07) is 13.8. The summed E-state index contributed by atoms with van der Waals surface area (Å²) in [6.45, 7) is 6.33. The third-order valence-electron chi connectivity index (χ3n) is 6.73. The summed E-state index contributed by atoms with van der Waals surface area (Å²) < 4.78 is 19.8. The second kappa shape index (κ2) is 9.75. The largest absolute Gasteiger partial charge is 0.493 e. The number of likely N-dealkylation sites (tertiary alicyclic amines) is 1. The zero-order valence-corrected chi connectivity index (χ0v) is 17.7. The number of hydrogen-bond donors (Lipinski definition) is 0. The van der Waals surface area contributed by atoms with Gasteiger partial charge in [-0.2, -0.15) is 0 Å². The molecule has 2 nitrogen and oxygen atoms in total. The Labute approximate surface area is 175 Å². The van der Waals surface area contributed by atoms with Crippen LogP contribution in [-0.2, 0) is 12.8 Å². The highest BCUT2D eigenvalue weighted by atomic mass is 19.1. The molecule has 1 aliphatic heterocycles. The van der Waals surface area contributed by atoms with E-state index in [1.54, 1.807) is 12.1 Å². The van der Waals surface area contributed by atoms with Gasteiger partial charge in [-0.05, 0) is 98.5 Å². The van der Waals surface area contributed by atoms with Gasteiger partial charge in [0.15, 0.2) is 0 Å². The summed E-state index contributed by atoms with van der Waals surface area (Å²) in [5, 5.41) is 0. The predicted molar refractivity (Wildman–Crippen MR) is 117 cm³/mol. The van der Waals surface area contributed by atoms with Crippen molar-refractivity contribution in [3.8, 4) is 5.75 Å². The number of hydrogen-bond acceptors (Lipinski definition) is 2. The van der Waals surface area contributed by atoms with E-state index in [0.717, 1.165) is 31.9 Å². The Kier molecular flexibility index (Phi) is 6.86. The molecule has 4 rings (SSSR count). The number of aryl methyl sites for hydroxylation is 2. The number of rotatable bonds is 7. The van der Waals surface area contributed by atoms with E-state index in [1.807, 2.05) is 12.1 Å². The van der Waals surface area contributed by atoms with Crippen LogP contribution in [0.3, 0.4) is 0 Å². The minimum Gasteiger partial charge on any atom is -0.493 e. The summed E-state index contributed by atoms with van der Waals surface area (Å²) in [5.74, 6) is 1.72. The average Bonchev–Trinajstić information content (AvgIpc) is 2.77. The third-order valence-corrected chi connectivity index (χ3v) is 6.73. The van der Waals surface area contributed by atoms with Crippen molar-refractivity contribution < 1.29 is 9.13 Å². The number of halogens is 1. The zero-order chi connectivity index (χ0) is 20.1. The van der Waals surface area contributed by atoms with Crippen LogP contribution in [0.1, 0.15) is 61.6 Å². The first-order chi connectivity index (χ1) is 14.2. The van der Waals surface area contributed by atoms with Crippen molar-refractivity contribution in [1.29, 1.82) is 0 Å². The lowest BCUT2D eigenvalue weighted by molar-refractivity contribution is 0.110. The van der Waals surface area contributed by atoms with Crippen molar-refractivity contribution in [2.45, 2.75) is 57.8 Å². The van der Waals surface area contributed by atoms with Gasteiger partial charge in [0.2, 0.25) is 0 Å². The summed E-state index contributed by atoms with van der Waals surface area (Å²) in [7, 11) is 0. The highest BCUT2D eigenvalue weighted by molar-refractivity contribution is 5.37. The molecule has 1 heterocycles. The Morgan fingerprint density at radius 3 is 2.62 bits per heavy atom. The molecule has 3 heteroatoms. The Morgan fingerprint density at radius 2 is 1.83 bits per heavy atom. The molecule has 1 aliphatic carbocycles. The zero-order valence-electron chi connectivity index (χ0n) is 17.7. The van der Waals surface area contributed by atoms with Gasteiger partial charge in [0, 0.05) is 12.5 Å². The molecule has 0 radical (unpaired) electrons. The fourth-order valence-corrected chi connectivity index (χ4v) is 5.01. The molecule has 29 heavy (non-hydrogen) atoms. The molecule has 0 N–H and O–H groups in total. The van der Waals surface area contributed by atoms with Gasteiger partial charge in [0.05, 0.1) is 6.61 Å². The second-order valence-corrected chi connectivity index (χ2v) is 8.81. The van der Waals surface area contributed by atoms with E-state index in [-0.39, 0.29) is 5.82 Å². The van der Waals surface area contributed by atoms with Crippen LogP contribution < -0.4 is 4.74 Å².